The topological polar surface area (TPSA) is 26.3 Å². The second-order valence-corrected chi connectivity index (χ2v) is 5.44. The molecule has 2 heteroatoms. The normalized spacial score (nSPS) is 13.2. The van der Waals surface area contributed by atoms with Gasteiger partial charge in [-0.15, -0.1) is 0 Å². The number of hydrogen-bond donors (Lipinski definition) is 0. The number of benzene rings is 1. The van der Waals surface area contributed by atoms with Gasteiger partial charge in [0.25, 0.3) is 0 Å². The van der Waals surface area contributed by atoms with Crippen LogP contribution in [0.5, 0.6) is 0 Å². The zero-order valence-electron chi connectivity index (χ0n) is 11.4. The van der Waals surface area contributed by atoms with Crippen LogP contribution in [0.4, 0.5) is 0 Å². The molecule has 1 aromatic carbocycles. The molecule has 1 unspecified atom stereocenters. The summed E-state index contributed by atoms with van der Waals surface area (Å²) < 4.78 is 5.35. The summed E-state index contributed by atoms with van der Waals surface area (Å²) in [5, 5.41) is 0. The van der Waals surface area contributed by atoms with Gasteiger partial charge in [0.2, 0.25) is 0 Å². The minimum atomic E-state index is -0.441. The highest BCUT2D eigenvalue weighted by Crippen LogP contribution is 2.20. The van der Waals surface area contributed by atoms with E-state index in [4.69, 9.17) is 4.74 Å². The van der Waals surface area contributed by atoms with E-state index in [1.165, 1.54) is 5.56 Å². The van der Waals surface area contributed by atoms with Gasteiger partial charge in [-0.3, -0.25) is 0 Å². The van der Waals surface area contributed by atoms with Gasteiger partial charge in [0.1, 0.15) is 5.60 Å². The van der Waals surface area contributed by atoms with Crippen molar-refractivity contribution in [2.75, 3.05) is 0 Å². The molecule has 0 bridgehead atoms. The molecule has 1 aromatic rings. The van der Waals surface area contributed by atoms with Gasteiger partial charge in [0.05, 0.1) is 5.56 Å². The van der Waals surface area contributed by atoms with Gasteiger partial charge in [-0.25, -0.2) is 4.79 Å². The lowest BCUT2D eigenvalue weighted by molar-refractivity contribution is 0.00694. The zero-order valence-corrected chi connectivity index (χ0v) is 11.4. The van der Waals surface area contributed by atoms with Crippen LogP contribution in [-0.2, 0) is 4.74 Å². The van der Waals surface area contributed by atoms with Crippen molar-refractivity contribution in [3.05, 3.63) is 35.4 Å². The van der Waals surface area contributed by atoms with Crippen LogP contribution in [0, 0.1) is 0 Å². The van der Waals surface area contributed by atoms with Gasteiger partial charge in [-0.2, -0.15) is 0 Å². The number of ether oxygens (including phenoxy) is 1. The minimum absolute atomic E-state index is 0.248. The van der Waals surface area contributed by atoms with E-state index in [-0.39, 0.29) is 5.97 Å². The SMILES string of the molecule is CCC(C)c1cccc(C(=O)OC(C)(C)C)c1. The molecule has 0 N–H and O–H groups in total. The van der Waals surface area contributed by atoms with Gasteiger partial charge in [0, 0.05) is 0 Å². The van der Waals surface area contributed by atoms with Crippen molar-refractivity contribution >= 4 is 5.97 Å². The van der Waals surface area contributed by atoms with Gasteiger partial charge in [-0.05, 0) is 50.8 Å². The summed E-state index contributed by atoms with van der Waals surface area (Å²) in [7, 11) is 0. The number of carbonyl (C=O) groups is 1. The maximum Gasteiger partial charge on any atom is 0.338 e. The first-order valence-electron chi connectivity index (χ1n) is 6.17. The molecule has 0 spiro atoms. The van der Waals surface area contributed by atoms with Gasteiger partial charge in [-0.1, -0.05) is 26.0 Å². The largest absolute Gasteiger partial charge is 0.456 e. The molecule has 0 heterocycles. The maximum atomic E-state index is 11.9. The fourth-order valence-electron chi connectivity index (χ4n) is 1.54. The lowest BCUT2D eigenvalue weighted by Crippen LogP contribution is -2.23. The summed E-state index contributed by atoms with van der Waals surface area (Å²) in [6.07, 6.45) is 1.07. The third-order valence-corrected chi connectivity index (χ3v) is 2.70. The molecular weight excluding hydrogens is 212 g/mol. The Kier molecular flexibility index (Phi) is 4.33. The molecular formula is C15H22O2. The summed E-state index contributed by atoms with van der Waals surface area (Å²) >= 11 is 0. The molecule has 0 aromatic heterocycles. The number of rotatable bonds is 3. The Balaban J connectivity index is 2.88. The van der Waals surface area contributed by atoms with E-state index < -0.39 is 5.60 Å². The monoisotopic (exact) mass is 234 g/mol. The van der Waals surface area contributed by atoms with Crippen molar-refractivity contribution in [3.63, 3.8) is 0 Å². The van der Waals surface area contributed by atoms with E-state index >= 15 is 0 Å². The average Bonchev–Trinajstić information content (AvgIpc) is 2.26. The smallest absolute Gasteiger partial charge is 0.338 e. The quantitative estimate of drug-likeness (QED) is 0.734. The summed E-state index contributed by atoms with van der Waals surface area (Å²) in [5.41, 5.74) is 1.39. The number of carbonyl (C=O) groups excluding carboxylic acids is 1. The maximum absolute atomic E-state index is 11.9. The molecule has 2 nitrogen and oxygen atoms in total. The second kappa shape index (κ2) is 5.35. The van der Waals surface area contributed by atoms with E-state index in [9.17, 15) is 4.79 Å². The van der Waals surface area contributed by atoms with E-state index in [1.54, 1.807) is 6.07 Å². The molecule has 0 aliphatic rings. The van der Waals surface area contributed by atoms with Crippen molar-refractivity contribution in [1.29, 1.82) is 0 Å². The Bertz CT molecular complexity index is 388. The third kappa shape index (κ3) is 4.22. The molecule has 1 rings (SSSR count). The lowest BCUT2D eigenvalue weighted by atomic mass is 9.97. The highest BCUT2D eigenvalue weighted by atomic mass is 16.6. The lowest BCUT2D eigenvalue weighted by Gasteiger charge is -2.20. The summed E-state index contributed by atoms with van der Waals surface area (Å²) in [6, 6.07) is 7.71. The van der Waals surface area contributed by atoms with E-state index in [1.807, 2.05) is 32.9 Å². The van der Waals surface area contributed by atoms with Gasteiger partial charge < -0.3 is 4.74 Å². The molecule has 0 aliphatic heterocycles. The molecule has 0 aliphatic carbocycles. The average molecular weight is 234 g/mol. The first-order valence-corrected chi connectivity index (χ1v) is 6.17. The van der Waals surface area contributed by atoms with Crippen LogP contribution in [0.25, 0.3) is 0 Å². The van der Waals surface area contributed by atoms with Crippen LogP contribution >= 0.6 is 0 Å². The number of esters is 1. The van der Waals surface area contributed by atoms with Gasteiger partial charge >= 0.3 is 5.97 Å². The van der Waals surface area contributed by atoms with Crippen LogP contribution in [0.3, 0.4) is 0 Å². The van der Waals surface area contributed by atoms with Crippen LogP contribution < -0.4 is 0 Å². The molecule has 17 heavy (non-hydrogen) atoms. The predicted octanol–water partition coefficient (Wildman–Crippen LogP) is 4.16. The van der Waals surface area contributed by atoms with Crippen molar-refractivity contribution in [2.45, 2.75) is 52.6 Å². The Morgan fingerprint density at radius 3 is 2.53 bits per heavy atom. The van der Waals surface area contributed by atoms with Crippen molar-refractivity contribution < 1.29 is 9.53 Å². The first kappa shape index (κ1) is 13.8. The fraction of sp³-hybridized carbons (Fsp3) is 0.533. The molecule has 0 saturated heterocycles. The zero-order chi connectivity index (χ0) is 13.1. The molecule has 0 fully saturated rings. The molecule has 1 atom stereocenters. The highest BCUT2D eigenvalue weighted by molar-refractivity contribution is 5.89. The van der Waals surface area contributed by atoms with E-state index in [0.29, 0.717) is 11.5 Å². The summed E-state index contributed by atoms with van der Waals surface area (Å²) in [6.45, 7) is 9.94. The Labute approximate surface area is 104 Å². The van der Waals surface area contributed by atoms with E-state index in [2.05, 4.69) is 19.9 Å². The Hall–Kier alpha value is -1.31. The fourth-order valence-corrected chi connectivity index (χ4v) is 1.54. The highest BCUT2D eigenvalue weighted by Gasteiger charge is 2.18. The summed E-state index contributed by atoms with van der Waals surface area (Å²) in [4.78, 5) is 11.9. The van der Waals surface area contributed by atoms with Crippen molar-refractivity contribution in [1.82, 2.24) is 0 Å². The summed E-state index contributed by atoms with van der Waals surface area (Å²) in [5.74, 6) is 0.222. The minimum Gasteiger partial charge on any atom is -0.456 e. The van der Waals surface area contributed by atoms with Crippen molar-refractivity contribution in [2.24, 2.45) is 0 Å². The molecule has 0 amide bonds. The predicted molar refractivity (Wildman–Crippen MR) is 70.3 cm³/mol. The molecule has 94 valence electrons. The third-order valence-electron chi connectivity index (χ3n) is 2.70. The number of hydrogen-bond acceptors (Lipinski definition) is 2. The van der Waals surface area contributed by atoms with Crippen LogP contribution in [0.1, 0.15) is 62.9 Å². The molecule has 0 radical (unpaired) electrons. The Morgan fingerprint density at radius 2 is 2.00 bits per heavy atom. The standard InChI is InChI=1S/C15H22O2/c1-6-11(2)12-8-7-9-13(10-12)14(16)17-15(3,4)5/h7-11H,6H2,1-5H3. The Morgan fingerprint density at radius 1 is 1.35 bits per heavy atom. The second-order valence-electron chi connectivity index (χ2n) is 5.44. The van der Waals surface area contributed by atoms with Crippen molar-refractivity contribution in [3.8, 4) is 0 Å². The van der Waals surface area contributed by atoms with Crippen LogP contribution in [-0.4, -0.2) is 11.6 Å². The molecule has 0 saturated carbocycles. The van der Waals surface area contributed by atoms with Crippen LogP contribution in [0.15, 0.2) is 24.3 Å². The van der Waals surface area contributed by atoms with Gasteiger partial charge in [0.15, 0.2) is 0 Å². The first-order chi connectivity index (χ1) is 7.83. The van der Waals surface area contributed by atoms with Crippen LogP contribution in [0.2, 0.25) is 0 Å². The van der Waals surface area contributed by atoms with E-state index in [0.717, 1.165) is 6.42 Å².